The second kappa shape index (κ2) is 1.42. The third kappa shape index (κ3) is 0.982. The van der Waals surface area contributed by atoms with Crippen LogP contribution < -0.4 is 0 Å². The molecular weight excluding hydrogens is 116 g/mol. The summed E-state index contributed by atoms with van der Waals surface area (Å²) in [5, 5.41) is 0. The van der Waals surface area contributed by atoms with Crippen molar-refractivity contribution < 1.29 is 12.9 Å². The molecule has 0 radical (unpaired) electrons. The molecule has 1 fully saturated rings. The van der Waals surface area contributed by atoms with Crippen molar-refractivity contribution in [2.45, 2.75) is 19.2 Å². The summed E-state index contributed by atoms with van der Waals surface area (Å²) in [4.78, 5) is 0. The summed E-state index contributed by atoms with van der Waals surface area (Å²) in [6.07, 6.45) is 0.365. The van der Waals surface area contributed by atoms with Crippen LogP contribution in [0.3, 0.4) is 0 Å². The van der Waals surface area contributed by atoms with Gasteiger partial charge in [-0.15, -0.1) is 0 Å². The van der Waals surface area contributed by atoms with Gasteiger partial charge in [-0.3, -0.25) is 0 Å². The molecule has 0 amide bonds. The summed E-state index contributed by atoms with van der Waals surface area (Å²) in [7, 11) is 0. The van der Waals surface area contributed by atoms with Gasteiger partial charge in [-0.1, -0.05) is 25.1 Å². The van der Waals surface area contributed by atoms with E-state index in [1.165, 1.54) is 0 Å². The van der Waals surface area contributed by atoms with Gasteiger partial charge in [0.25, 0.3) is 0 Å². The summed E-state index contributed by atoms with van der Waals surface area (Å²) in [5.41, 5.74) is 0. The fourth-order valence-electron chi connectivity index (χ4n) is 0.878. The van der Waals surface area contributed by atoms with E-state index >= 15 is 0 Å². The molecule has 0 aromatic carbocycles. The van der Waals surface area contributed by atoms with Gasteiger partial charge in [-0.25, -0.2) is 0 Å². The van der Waals surface area contributed by atoms with E-state index in [4.69, 9.17) is 0 Å². The van der Waals surface area contributed by atoms with Gasteiger partial charge < -0.3 is 12.9 Å². The molecule has 0 aromatic heterocycles. The summed E-state index contributed by atoms with van der Waals surface area (Å²) >= 11 is 0. The smallest absolute Gasteiger partial charge is 0.449 e. The van der Waals surface area contributed by atoms with E-state index < -0.39 is 12.8 Å². The first-order chi connectivity index (χ1) is 3.52. The Morgan fingerprint density at radius 3 is 1.75 bits per heavy atom. The van der Waals surface area contributed by atoms with Crippen LogP contribution >= 0.6 is 0 Å². The van der Waals surface area contributed by atoms with Gasteiger partial charge in [0.2, 0.25) is 0 Å². The van der Waals surface area contributed by atoms with Crippen LogP contribution in [0, 0.1) is 5.92 Å². The van der Waals surface area contributed by atoms with E-state index in [0.29, 0.717) is 6.42 Å². The fourth-order valence-corrected chi connectivity index (χ4v) is 0.878. The summed E-state index contributed by atoms with van der Waals surface area (Å²) in [6.45, 7) is -2.85. The first kappa shape index (κ1) is 5.98. The van der Waals surface area contributed by atoms with E-state index in [0.717, 1.165) is 0 Å². The molecule has 48 valence electrons. The van der Waals surface area contributed by atoms with Gasteiger partial charge in [-0.05, 0) is 0 Å². The Labute approximate surface area is 46.1 Å². The molecule has 1 saturated carbocycles. The van der Waals surface area contributed by atoms with Crippen molar-refractivity contribution in [3.8, 4) is 0 Å². The molecule has 8 heavy (non-hydrogen) atoms. The number of halogens is 3. The van der Waals surface area contributed by atoms with Gasteiger partial charge >= 0.3 is 6.98 Å². The third-order valence-electron chi connectivity index (χ3n) is 1.66. The first-order valence-corrected chi connectivity index (χ1v) is 2.72. The molecule has 1 aliphatic carbocycles. The molecule has 0 heterocycles. The minimum Gasteiger partial charge on any atom is -0.449 e. The van der Waals surface area contributed by atoms with Crippen LogP contribution in [-0.2, 0) is 0 Å². The fraction of sp³-hybridized carbons (Fsp3) is 1.00. The number of hydrogen-bond acceptors (Lipinski definition) is 0. The Kier molecular flexibility index (Phi) is 1.06. The Balaban J connectivity index is 2.39. The molecule has 1 rings (SSSR count). The Morgan fingerprint density at radius 1 is 1.38 bits per heavy atom. The maximum absolute atomic E-state index is 11.6. The van der Waals surface area contributed by atoms with Gasteiger partial charge in [0, 0.05) is 0 Å². The highest BCUT2D eigenvalue weighted by molar-refractivity contribution is 6.61. The van der Waals surface area contributed by atoms with E-state index in [9.17, 15) is 12.9 Å². The normalized spacial score (nSPS) is 37.5. The van der Waals surface area contributed by atoms with Crippen LogP contribution in [0.15, 0.2) is 0 Å². The van der Waals surface area contributed by atoms with Crippen LogP contribution in [-0.4, -0.2) is 6.98 Å². The van der Waals surface area contributed by atoms with Gasteiger partial charge in [-0.2, -0.15) is 0 Å². The van der Waals surface area contributed by atoms with Crippen molar-refractivity contribution in [1.29, 1.82) is 0 Å². The second-order valence-electron chi connectivity index (χ2n) is 2.50. The zero-order valence-electron chi connectivity index (χ0n) is 4.57. The van der Waals surface area contributed by atoms with Crippen LogP contribution in [0.2, 0.25) is 5.82 Å². The van der Waals surface area contributed by atoms with E-state index in [-0.39, 0.29) is 5.92 Å². The van der Waals surface area contributed by atoms with E-state index in [1.807, 2.05) is 0 Å². The van der Waals surface area contributed by atoms with Crippen LogP contribution in [0.25, 0.3) is 0 Å². The Bertz CT molecular complexity index is 97.9. The molecule has 0 saturated heterocycles. The van der Waals surface area contributed by atoms with Gasteiger partial charge in [0.05, 0.1) is 0 Å². The van der Waals surface area contributed by atoms with Gasteiger partial charge in [0.1, 0.15) is 0 Å². The lowest BCUT2D eigenvalue weighted by Crippen LogP contribution is -2.15. The third-order valence-corrected chi connectivity index (χ3v) is 1.66. The molecule has 0 aliphatic heterocycles. The first-order valence-electron chi connectivity index (χ1n) is 2.72. The minimum absolute atomic E-state index is 0.0880. The molecule has 2 atom stereocenters. The van der Waals surface area contributed by atoms with Crippen LogP contribution in [0.4, 0.5) is 12.9 Å². The molecule has 0 N–H and O–H groups in total. The predicted molar refractivity (Wildman–Crippen MR) is 26.6 cm³/mol. The molecule has 1 aliphatic rings. The lowest BCUT2D eigenvalue weighted by Gasteiger charge is -2.10. The van der Waals surface area contributed by atoms with Crippen molar-refractivity contribution >= 4 is 6.98 Å². The highest BCUT2D eigenvalue weighted by atomic mass is 19.4. The summed E-state index contributed by atoms with van der Waals surface area (Å²) < 4.78 is 34.7. The predicted octanol–water partition coefficient (Wildman–Crippen LogP) is 2.24. The summed E-state index contributed by atoms with van der Waals surface area (Å²) in [5.74, 6) is -1.01. The Hall–Kier alpha value is -0.145. The highest BCUT2D eigenvalue weighted by Crippen LogP contribution is 2.52. The maximum atomic E-state index is 11.6. The Morgan fingerprint density at radius 2 is 1.75 bits per heavy atom. The van der Waals surface area contributed by atoms with Crippen molar-refractivity contribution in [3.05, 3.63) is 0 Å². The maximum Gasteiger partial charge on any atom is 0.481 e. The number of rotatable bonds is 1. The minimum atomic E-state index is -4.49. The highest BCUT2D eigenvalue weighted by Gasteiger charge is 2.47. The molecule has 0 bridgehead atoms. The van der Waals surface area contributed by atoms with E-state index in [2.05, 4.69) is 0 Å². The van der Waals surface area contributed by atoms with Crippen molar-refractivity contribution in [1.82, 2.24) is 0 Å². The van der Waals surface area contributed by atoms with Crippen molar-refractivity contribution in [2.24, 2.45) is 5.92 Å². The standard InChI is InChI=1S/C4H7BF3/c1-3-2-4(3)5(6,7)8/h3-4H,2H2,1H3/q-1/t3-,4-/m0/s1. The molecule has 0 aromatic rings. The lowest BCUT2D eigenvalue weighted by molar-refractivity contribution is 0.461. The molecule has 0 nitrogen and oxygen atoms in total. The zero-order chi connectivity index (χ0) is 6.36. The average molecular weight is 123 g/mol. The molecular formula is C4H7BF3-. The molecule has 4 heteroatoms. The number of hydrogen-bond donors (Lipinski definition) is 0. The topological polar surface area (TPSA) is 0 Å². The quantitative estimate of drug-likeness (QED) is 0.469. The lowest BCUT2D eigenvalue weighted by atomic mass is 9.82. The molecule has 0 spiro atoms. The largest absolute Gasteiger partial charge is 0.481 e. The average Bonchev–Trinajstić information content (AvgIpc) is 2.13. The van der Waals surface area contributed by atoms with Crippen LogP contribution in [0.1, 0.15) is 13.3 Å². The van der Waals surface area contributed by atoms with Crippen LogP contribution in [0.5, 0.6) is 0 Å². The SMILES string of the molecule is C[C@H]1C[C@@H]1[B-](F)(F)F. The second-order valence-corrected chi connectivity index (χ2v) is 2.50. The van der Waals surface area contributed by atoms with E-state index in [1.54, 1.807) is 6.92 Å². The van der Waals surface area contributed by atoms with Crippen molar-refractivity contribution in [3.63, 3.8) is 0 Å². The van der Waals surface area contributed by atoms with Crippen molar-refractivity contribution in [2.75, 3.05) is 0 Å². The molecule has 0 unspecified atom stereocenters. The monoisotopic (exact) mass is 123 g/mol. The summed E-state index contributed by atoms with van der Waals surface area (Å²) in [6, 6.07) is 0. The zero-order valence-corrected chi connectivity index (χ0v) is 4.57. The van der Waals surface area contributed by atoms with Gasteiger partial charge in [0.15, 0.2) is 0 Å².